The van der Waals surface area contributed by atoms with Gasteiger partial charge in [-0.25, -0.2) is 0 Å². The van der Waals surface area contributed by atoms with Crippen LogP contribution < -0.4 is 0 Å². The molecule has 0 bridgehead atoms. The minimum atomic E-state index is 0.892. The third-order valence-electron chi connectivity index (χ3n) is 2.75. The van der Waals surface area contributed by atoms with Crippen molar-refractivity contribution in [3.05, 3.63) is 23.8 Å². The van der Waals surface area contributed by atoms with Crippen molar-refractivity contribution < 1.29 is 0 Å². The van der Waals surface area contributed by atoms with Gasteiger partial charge in [0.2, 0.25) is 0 Å². The highest BCUT2D eigenvalue weighted by molar-refractivity contribution is 5.14. The maximum Gasteiger partial charge on any atom is -0.0164 e. The summed E-state index contributed by atoms with van der Waals surface area (Å²) in [7, 11) is 0. The van der Waals surface area contributed by atoms with Gasteiger partial charge in [-0.2, -0.15) is 0 Å². The van der Waals surface area contributed by atoms with Crippen molar-refractivity contribution in [2.75, 3.05) is 0 Å². The molecule has 0 fully saturated rings. The fourth-order valence-corrected chi connectivity index (χ4v) is 2.10. The summed E-state index contributed by atoms with van der Waals surface area (Å²) in [6, 6.07) is 0. The van der Waals surface area contributed by atoms with Crippen LogP contribution in [-0.4, -0.2) is 0 Å². The molecule has 0 nitrogen and oxygen atoms in total. The highest BCUT2D eigenvalue weighted by Gasteiger charge is 2.24. The van der Waals surface area contributed by atoms with E-state index in [1.807, 2.05) is 0 Å². The maximum atomic E-state index is 2.40. The van der Waals surface area contributed by atoms with Crippen LogP contribution in [0.25, 0.3) is 0 Å². The Labute approximate surface area is 62.6 Å². The molecule has 2 rings (SSSR count). The average molecular weight is 134 g/mol. The molecule has 0 aromatic carbocycles. The number of rotatable bonds is 0. The number of allylic oxidation sites excluding steroid dienone is 4. The normalized spacial score (nSPS) is 37.5. The van der Waals surface area contributed by atoms with Crippen molar-refractivity contribution in [2.24, 2.45) is 11.8 Å². The van der Waals surface area contributed by atoms with Gasteiger partial charge in [0.05, 0.1) is 0 Å². The summed E-state index contributed by atoms with van der Waals surface area (Å²) in [5.41, 5.74) is 1.60. The van der Waals surface area contributed by atoms with E-state index in [0.29, 0.717) is 0 Å². The molecule has 0 radical (unpaired) electrons. The van der Waals surface area contributed by atoms with Crippen molar-refractivity contribution >= 4 is 0 Å². The molecule has 10 heavy (non-hydrogen) atoms. The van der Waals surface area contributed by atoms with Gasteiger partial charge in [0.1, 0.15) is 0 Å². The first-order chi connectivity index (χ1) is 4.86. The molecule has 0 aromatic rings. The zero-order valence-corrected chi connectivity index (χ0v) is 6.51. The van der Waals surface area contributed by atoms with E-state index >= 15 is 0 Å². The van der Waals surface area contributed by atoms with E-state index in [1.165, 1.54) is 19.3 Å². The Balaban J connectivity index is 2.13. The van der Waals surface area contributed by atoms with Gasteiger partial charge in [-0.3, -0.25) is 0 Å². The Morgan fingerprint density at radius 3 is 3.20 bits per heavy atom. The van der Waals surface area contributed by atoms with E-state index < -0.39 is 0 Å². The first-order valence-electron chi connectivity index (χ1n) is 4.18. The lowest BCUT2D eigenvalue weighted by molar-refractivity contribution is 0.404. The van der Waals surface area contributed by atoms with Crippen molar-refractivity contribution in [3.63, 3.8) is 0 Å². The lowest BCUT2D eigenvalue weighted by Gasteiger charge is -2.23. The molecule has 0 heterocycles. The molecule has 0 N–H and O–H groups in total. The maximum absolute atomic E-state index is 2.40. The van der Waals surface area contributed by atoms with Crippen LogP contribution in [0.3, 0.4) is 0 Å². The van der Waals surface area contributed by atoms with Crippen LogP contribution in [0.1, 0.15) is 26.2 Å². The van der Waals surface area contributed by atoms with Gasteiger partial charge in [-0.05, 0) is 38.0 Å². The molecule has 2 aliphatic carbocycles. The summed E-state index contributed by atoms with van der Waals surface area (Å²) < 4.78 is 0. The van der Waals surface area contributed by atoms with Gasteiger partial charge in [0.25, 0.3) is 0 Å². The van der Waals surface area contributed by atoms with E-state index in [2.05, 4.69) is 25.2 Å². The molecule has 0 saturated carbocycles. The predicted octanol–water partition coefficient (Wildman–Crippen LogP) is 2.92. The van der Waals surface area contributed by atoms with E-state index in [-0.39, 0.29) is 0 Å². The third kappa shape index (κ3) is 0.920. The smallest absolute Gasteiger partial charge is 0.0164 e. The van der Waals surface area contributed by atoms with Crippen LogP contribution >= 0.6 is 0 Å². The molecular formula is C10H14. The van der Waals surface area contributed by atoms with E-state index in [4.69, 9.17) is 0 Å². The largest absolute Gasteiger partial charge is 0.0879 e. The zero-order chi connectivity index (χ0) is 6.97. The van der Waals surface area contributed by atoms with Gasteiger partial charge in [-0.1, -0.05) is 23.8 Å². The number of fused-ring (bicyclic) bond motifs is 1. The summed E-state index contributed by atoms with van der Waals surface area (Å²) >= 11 is 0. The van der Waals surface area contributed by atoms with Crippen LogP contribution in [-0.2, 0) is 0 Å². The fourth-order valence-electron chi connectivity index (χ4n) is 2.10. The Bertz CT molecular complexity index is 186. The molecule has 54 valence electrons. The van der Waals surface area contributed by atoms with Crippen LogP contribution in [0.5, 0.6) is 0 Å². The van der Waals surface area contributed by atoms with E-state index in [9.17, 15) is 0 Å². The first-order valence-corrected chi connectivity index (χ1v) is 4.18. The van der Waals surface area contributed by atoms with Gasteiger partial charge >= 0.3 is 0 Å². The zero-order valence-electron chi connectivity index (χ0n) is 6.51. The van der Waals surface area contributed by atoms with Crippen molar-refractivity contribution in [1.82, 2.24) is 0 Å². The Kier molecular flexibility index (Phi) is 1.40. The molecule has 0 amide bonds. The Hall–Kier alpha value is -0.520. The van der Waals surface area contributed by atoms with Gasteiger partial charge in [0.15, 0.2) is 0 Å². The van der Waals surface area contributed by atoms with Crippen molar-refractivity contribution in [2.45, 2.75) is 26.2 Å². The second kappa shape index (κ2) is 2.26. The SMILES string of the molecule is CC1=CCC2C=CCC2C1. The molecular weight excluding hydrogens is 120 g/mol. The summed E-state index contributed by atoms with van der Waals surface area (Å²) in [4.78, 5) is 0. The monoisotopic (exact) mass is 134 g/mol. The summed E-state index contributed by atoms with van der Waals surface area (Å²) in [6.45, 7) is 2.26. The lowest BCUT2D eigenvalue weighted by atomic mass is 9.82. The van der Waals surface area contributed by atoms with Crippen LogP contribution in [0.2, 0.25) is 0 Å². The van der Waals surface area contributed by atoms with Gasteiger partial charge < -0.3 is 0 Å². The van der Waals surface area contributed by atoms with Crippen LogP contribution in [0.15, 0.2) is 23.8 Å². The number of hydrogen-bond acceptors (Lipinski definition) is 0. The highest BCUT2D eigenvalue weighted by atomic mass is 14.3. The number of hydrogen-bond donors (Lipinski definition) is 0. The summed E-state index contributed by atoms with van der Waals surface area (Å²) in [5.74, 6) is 1.86. The van der Waals surface area contributed by atoms with Crippen LogP contribution in [0, 0.1) is 11.8 Å². The molecule has 2 aliphatic rings. The first kappa shape index (κ1) is 6.21. The second-order valence-electron chi connectivity index (χ2n) is 3.58. The molecule has 0 heteroatoms. The summed E-state index contributed by atoms with van der Waals surface area (Å²) in [6.07, 6.45) is 11.1. The standard InChI is InChI=1S/C10H14/c1-8-5-6-9-3-2-4-10(9)7-8/h2-3,5,9-10H,4,6-7H2,1H3. The molecule has 0 saturated heterocycles. The lowest BCUT2D eigenvalue weighted by Crippen LogP contribution is -2.11. The third-order valence-corrected chi connectivity index (χ3v) is 2.75. The van der Waals surface area contributed by atoms with Gasteiger partial charge in [0, 0.05) is 0 Å². The second-order valence-corrected chi connectivity index (χ2v) is 3.58. The quantitative estimate of drug-likeness (QED) is 0.447. The molecule has 0 spiro atoms. The fraction of sp³-hybridized carbons (Fsp3) is 0.600. The minimum absolute atomic E-state index is 0.892. The Morgan fingerprint density at radius 2 is 2.30 bits per heavy atom. The minimum Gasteiger partial charge on any atom is -0.0879 e. The predicted molar refractivity (Wildman–Crippen MR) is 43.7 cm³/mol. The van der Waals surface area contributed by atoms with E-state index in [1.54, 1.807) is 5.57 Å². The average Bonchev–Trinajstić information content (AvgIpc) is 2.33. The van der Waals surface area contributed by atoms with Crippen molar-refractivity contribution in [1.29, 1.82) is 0 Å². The van der Waals surface area contributed by atoms with Crippen LogP contribution in [0.4, 0.5) is 0 Å². The Morgan fingerprint density at radius 1 is 1.40 bits per heavy atom. The highest BCUT2D eigenvalue weighted by Crippen LogP contribution is 2.36. The molecule has 0 aromatic heterocycles. The summed E-state index contributed by atoms with van der Waals surface area (Å²) in [5, 5.41) is 0. The topological polar surface area (TPSA) is 0 Å². The van der Waals surface area contributed by atoms with Crippen molar-refractivity contribution in [3.8, 4) is 0 Å². The molecule has 2 atom stereocenters. The molecule has 2 unspecified atom stereocenters. The molecule has 0 aliphatic heterocycles. The van der Waals surface area contributed by atoms with E-state index in [0.717, 1.165) is 11.8 Å². The van der Waals surface area contributed by atoms with Gasteiger partial charge in [-0.15, -0.1) is 0 Å².